The van der Waals surface area contributed by atoms with E-state index in [1.165, 1.54) is 16.6 Å². The molecule has 5 rings (SSSR count). The number of thioether (sulfide) groups is 1. The van der Waals surface area contributed by atoms with Crippen LogP contribution in [0.3, 0.4) is 0 Å². The number of aryl methyl sites for hydroxylation is 3. The normalized spacial score (nSPS) is 12.8. The zero-order chi connectivity index (χ0) is 24.0. The second-order valence-corrected chi connectivity index (χ2v) is 12.2. The quantitative estimate of drug-likeness (QED) is 0.186. The average Bonchev–Trinajstić information content (AvgIpc) is 3.37. The highest BCUT2D eigenvalue weighted by Crippen LogP contribution is 2.36. The van der Waals surface area contributed by atoms with Crippen molar-refractivity contribution in [1.82, 2.24) is 9.55 Å². The molecule has 1 N–H and O–H groups in total. The van der Waals surface area contributed by atoms with Gasteiger partial charge < -0.3 is 5.32 Å². The lowest BCUT2D eigenvalue weighted by molar-refractivity contribution is -0.113. The van der Waals surface area contributed by atoms with Crippen LogP contribution in [-0.4, -0.2) is 21.2 Å². The minimum atomic E-state index is -0.194. The summed E-state index contributed by atoms with van der Waals surface area (Å²) in [5.41, 5.74) is 3.44. The Morgan fingerprint density at radius 1 is 1.21 bits per heavy atom. The number of carbonyl (C=O) groups is 1. The summed E-state index contributed by atoms with van der Waals surface area (Å²) >= 11 is 15.9. The van der Waals surface area contributed by atoms with Crippen LogP contribution in [0, 0.1) is 6.92 Å². The van der Waals surface area contributed by atoms with E-state index in [1.807, 2.05) is 19.1 Å². The van der Waals surface area contributed by atoms with Crippen LogP contribution in [-0.2, 0) is 17.6 Å². The lowest BCUT2D eigenvalue weighted by Crippen LogP contribution is -2.23. The molecule has 10 heteroatoms. The monoisotopic (exact) mass is 637 g/mol. The van der Waals surface area contributed by atoms with Crippen LogP contribution < -0.4 is 10.9 Å². The molecule has 2 aromatic carbocycles. The zero-order valence-electron chi connectivity index (χ0n) is 18.0. The molecule has 4 aromatic rings. The van der Waals surface area contributed by atoms with E-state index in [9.17, 15) is 9.59 Å². The fourth-order valence-corrected chi connectivity index (χ4v) is 7.92. The predicted molar refractivity (Wildman–Crippen MR) is 148 cm³/mol. The molecule has 1 amide bonds. The third kappa shape index (κ3) is 4.60. The van der Waals surface area contributed by atoms with Gasteiger partial charge in [-0.05, 0) is 106 Å². The predicted octanol–water partition coefficient (Wildman–Crippen LogP) is 7.15. The number of fused-ring (bicyclic) bond motifs is 3. The fraction of sp³-hybridized carbons (Fsp3) is 0.208. The molecule has 0 atom stereocenters. The van der Waals surface area contributed by atoms with Crippen molar-refractivity contribution in [3.63, 3.8) is 0 Å². The standard InChI is InChI=1S/C24H18Br2ClN3O2S2/c1-12-9-16(25)21(17(26)10-12)28-19(31)11-33-24-29-22-20(15-3-2-4-18(15)34-22)23(32)30(24)14-7-5-13(27)6-8-14/h5-10H,2-4,11H2,1H3,(H,28,31). The van der Waals surface area contributed by atoms with Gasteiger partial charge in [0.05, 0.1) is 22.5 Å². The van der Waals surface area contributed by atoms with Crippen LogP contribution in [0.5, 0.6) is 0 Å². The van der Waals surface area contributed by atoms with Gasteiger partial charge in [-0.1, -0.05) is 23.4 Å². The number of hydrogen-bond acceptors (Lipinski definition) is 5. The second kappa shape index (κ2) is 9.78. The minimum absolute atomic E-state index is 0.0985. The van der Waals surface area contributed by atoms with Gasteiger partial charge >= 0.3 is 0 Å². The molecule has 34 heavy (non-hydrogen) atoms. The van der Waals surface area contributed by atoms with Crippen molar-refractivity contribution in [1.29, 1.82) is 0 Å². The van der Waals surface area contributed by atoms with E-state index in [0.29, 0.717) is 26.9 Å². The van der Waals surface area contributed by atoms with Crippen LogP contribution >= 0.6 is 66.6 Å². The van der Waals surface area contributed by atoms with E-state index >= 15 is 0 Å². The number of amides is 1. The Kier molecular flexibility index (Phi) is 6.92. The molecule has 174 valence electrons. The summed E-state index contributed by atoms with van der Waals surface area (Å²) in [5, 5.41) is 4.72. The Labute approximate surface area is 226 Å². The zero-order valence-corrected chi connectivity index (χ0v) is 23.5. The van der Waals surface area contributed by atoms with Crippen molar-refractivity contribution < 1.29 is 4.79 Å². The van der Waals surface area contributed by atoms with E-state index < -0.39 is 0 Å². The lowest BCUT2D eigenvalue weighted by atomic mass is 10.2. The molecule has 0 saturated heterocycles. The molecule has 0 fully saturated rings. The van der Waals surface area contributed by atoms with Gasteiger partial charge in [0.15, 0.2) is 5.16 Å². The Morgan fingerprint density at radius 3 is 2.62 bits per heavy atom. The number of nitrogens with zero attached hydrogens (tertiary/aromatic N) is 2. The number of hydrogen-bond donors (Lipinski definition) is 1. The molecule has 0 spiro atoms. The van der Waals surface area contributed by atoms with Crippen molar-refractivity contribution in [2.45, 2.75) is 31.3 Å². The highest BCUT2D eigenvalue weighted by Gasteiger charge is 2.24. The molecule has 2 heterocycles. The summed E-state index contributed by atoms with van der Waals surface area (Å²) in [7, 11) is 0. The van der Waals surface area contributed by atoms with Crippen molar-refractivity contribution in [3.05, 3.63) is 76.7 Å². The summed E-state index contributed by atoms with van der Waals surface area (Å²) in [4.78, 5) is 33.3. The first-order valence-corrected chi connectivity index (χ1v) is 14.3. The average molecular weight is 640 g/mol. The van der Waals surface area contributed by atoms with E-state index in [1.54, 1.807) is 40.2 Å². The second-order valence-electron chi connectivity index (χ2n) is 7.99. The van der Waals surface area contributed by atoms with E-state index in [4.69, 9.17) is 16.6 Å². The first-order chi connectivity index (χ1) is 16.3. The number of rotatable bonds is 5. The third-order valence-corrected chi connectivity index (χ3v) is 9.20. The first-order valence-electron chi connectivity index (χ1n) is 10.5. The largest absolute Gasteiger partial charge is 0.323 e. The van der Waals surface area contributed by atoms with Gasteiger partial charge in [-0.2, -0.15) is 0 Å². The summed E-state index contributed by atoms with van der Waals surface area (Å²) in [5.74, 6) is -0.0930. The smallest absolute Gasteiger partial charge is 0.267 e. The molecule has 0 unspecified atom stereocenters. The van der Waals surface area contributed by atoms with Gasteiger partial charge in [0, 0.05) is 18.8 Å². The van der Waals surface area contributed by atoms with Crippen molar-refractivity contribution in [3.8, 4) is 5.69 Å². The van der Waals surface area contributed by atoms with Crippen molar-refractivity contribution >= 4 is 88.4 Å². The van der Waals surface area contributed by atoms with Gasteiger partial charge in [0.2, 0.25) is 5.91 Å². The number of benzene rings is 2. The van der Waals surface area contributed by atoms with Crippen molar-refractivity contribution in [2.75, 3.05) is 11.1 Å². The number of carbonyl (C=O) groups excluding carboxylic acids is 1. The maximum atomic E-state index is 13.7. The van der Waals surface area contributed by atoms with Crippen LogP contribution in [0.1, 0.15) is 22.4 Å². The van der Waals surface area contributed by atoms with Crippen LogP contribution in [0.4, 0.5) is 5.69 Å². The van der Waals surface area contributed by atoms with Gasteiger partial charge in [-0.25, -0.2) is 4.98 Å². The minimum Gasteiger partial charge on any atom is -0.323 e. The third-order valence-electron chi connectivity index (χ3n) is 5.58. The Balaban J connectivity index is 1.50. The lowest BCUT2D eigenvalue weighted by Gasteiger charge is -2.14. The Bertz CT molecular complexity index is 1480. The Hall–Kier alpha value is -1.65. The van der Waals surface area contributed by atoms with E-state index in [2.05, 4.69) is 37.2 Å². The molecule has 0 aliphatic heterocycles. The number of aromatic nitrogens is 2. The topological polar surface area (TPSA) is 64.0 Å². The maximum Gasteiger partial charge on any atom is 0.267 e. The summed E-state index contributed by atoms with van der Waals surface area (Å²) in [6.07, 6.45) is 2.96. The van der Waals surface area contributed by atoms with Crippen LogP contribution in [0.25, 0.3) is 15.9 Å². The van der Waals surface area contributed by atoms with E-state index in [0.717, 1.165) is 44.2 Å². The Morgan fingerprint density at radius 2 is 1.91 bits per heavy atom. The molecule has 1 aliphatic carbocycles. The maximum absolute atomic E-state index is 13.7. The number of anilines is 1. The SMILES string of the molecule is Cc1cc(Br)c(NC(=O)CSc2nc3sc4c(c3c(=O)n2-c2ccc(Cl)cc2)CCC4)c(Br)c1. The first kappa shape index (κ1) is 24.1. The van der Waals surface area contributed by atoms with Crippen molar-refractivity contribution in [2.24, 2.45) is 0 Å². The molecule has 0 saturated carbocycles. The summed E-state index contributed by atoms with van der Waals surface area (Å²) in [6, 6.07) is 11.0. The molecular formula is C24H18Br2ClN3O2S2. The summed E-state index contributed by atoms with van der Waals surface area (Å²) in [6.45, 7) is 1.98. The number of nitrogens with one attached hydrogen (secondary N) is 1. The molecule has 0 radical (unpaired) electrons. The van der Waals surface area contributed by atoms with Crippen LogP contribution in [0.15, 0.2) is 55.3 Å². The highest BCUT2D eigenvalue weighted by atomic mass is 79.9. The van der Waals surface area contributed by atoms with Gasteiger partial charge in [-0.3, -0.25) is 14.2 Å². The van der Waals surface area contributed by atoms with Gasteiger partial charge in [0.25, 0.3) is 5.56 Å². The van der Waals surface area contributed by atoms with E-state index in [-0.39, 0.29) is 17.2 Å². The van der Waals surface area contributed by atoms with Crippen LogP contribution in [0.2, 0.25) is 5.02 Å². The molecule has 0 bridgehead atoms. The number of thiophene rings is 1. The highest BCUT2D eigenvalue weighted by molar-refractivity contribution is 9.11. The molecule has 5 nitrogen and oxygen atoms in total. The number of halogens is 3. The van der Waals surface area contributed by atoms with Gasteiger partial charge in [-0.15, -0.1) is 11.3 Å². The van der Waals surface area contributed by atoms with Gasteiger partial charge in [0.1, 0.15) is 4.83 Å². The fourth-order valence-electron chi connectivity index (χ4n) is 4.06. The molecule has 2 aromatic heterocycles. The summed E-state index contributed by atoms with van der Waals surface area (Å²) < 4.78 is 3.19. The molecular weight excluding hydrogens is 622 g/mol. The molecule has 1 aliphatic rings.